The van der Waals surface area contributed by atoms with E-state index in [2.05, 4.69) is 5.32 Å². The minimum atomic E-state index is -1.09. The summed E-state index contributed by atoms with van der Waals surface area (Å²) in [5.74, 6) is 1.04. The summed E-state index contributed by atoms with van der Waals surface area (Å²) in [6, 6.07) is 6.89. The van der Waals surface area contributed by atoms with Crippen LogP contribution in [0.4, 0.5) is 0 Å². The SMILES string of the molecule is COc1cc(Cl)c(CNCC(C)(O)c2ccco2)cc1Cl. The van der Waals surface area contributed by atoms with E-state index >= 15 is 0 Å². The first-order chi connectivity index (χ1) is 9.94. The van der Waals surface area contributed by atoms with Crippen LogP contribution in [0, 0.1) is 0 Å². The Morgan fingerprint density at radius 2 is 2.10 bits per heavy atom. The molecule has 4 nitrogen and oxygen atoms in total. The van der Waals surface area contributed by atoms with Gasteiger partial charge in [-0.3, -0.25) is 0 Å². The zero-order valence-electron chi connectivity index (χ0n) is 11.8. The van der Waals surface area contributed by atoms with Crippen LogP contribution >= 0.6 is 23.2 Å². The highest BCUT2D eigenvalue weighted by Gasteiger charge is 2.25. The van der Waals surface area contributed by atoms with Crippen molar-refractivity contribution in [2.45, 2.75) is 19.1 Å². The highest BCUT2D eigenvalue weighted by atomic mass is 35.5. The van der Waals surface area contributed by atoms with Crippen LogP contribution in [0.3, 0.4) is 0 Å². The van der Waals surface area contributed by atoms with E-state index < -0.39 is 5.60 Å². The van der Waals surface area contributed by atoms with Gasteiger partial charge < -0.3 is 19.6 Å². The van der Waals surface area contributed by atoms with Crippen LogP contribution in [0.1, 0.15) is 18.2 Å². The average molecular weight is 330 g/mol. The minimum absolute atomic E-state index is 0.320. The van der Waals surface area contributed by atoms with Gasteiger partial charge in [0.1, 0.15) is 17.1 Å². The van der Waals surface area contributed by atoms with Gasteiger partial charge in [-0.05, 0) is 30.7 Å². The van der Waals surface area contributed by atoms with E-state index in [-0.39, 0.29) is 0 Å². The zero-order chi connectivity index (χ0) is 15.5. The molecule has 0 amide bonds. The van der Waals surface area contributed by atoms with E-state index in [0.717, 1.165) is 5.56 Å². The fourth-order valence-corrected chi connectivity index (χ4v) is 2.46. The van der Waals surface area contributed by atoms with Gasteiger partial charge in [-0.15, -0.1) is 0 Å². The Labute approximate surface area is 133 Å². The fourth-order valence-electron chi connectivity index (χ4n) is 1.97. The minimum Gasteiger partial charge on any atom is -0.495 e. The molecule has 1 aromatic heterocycles. The van der Waals surface area contributed by atoms with E-state index in [0.29, 0.717) is 34.6 Å². The van der Waals surface area contributed by atoms with Crippen LogP contribution < -0.4 is 10.1 Å². The second-order valence-corrected chi connectivity index (χ2v) is 5.75. The number of rotatable bonds is 6. The lowest BCUT2D eigenvalue weighted by molar-refractivity contribution is 0.0340. The topological polar surface area (TPSA) is 54.6 Å². The maximum Gasteiger partial charge on any atom is 0.138 e. The summed E-state index contributed by atoms with van der Waals surface area (Å²) >= 11 is 12.2. The van der Waals surface area contributed by atoms with Gasteiger partial charge >= 0.3 is 0 Å². The number of benzene rings is 1. The van der Waals surface area contributed by atoms with Crippen molar-refractivity contribution in [1.82, 2.24) is 5.32 Å². The number of methoxy groups -OCH3 is 1. The highest BCUT2D eigenvalue weighted by molar-refractivity contribution is 6.34. The number of nitrogens with one attached hydrogen (secondary N) is 1. The lowest BCUT2D eigenvalue weighted by Crippen LogP contribution is -2.34. The molecule has 1 unspecified atom stereocenters. The molecule has 0 bridgehead atoms. The van der Waals surface area contributed by atoms with Gasteiger partial charge in [0.05, 0.1) is 18.4 Å². The summed E-state index contributed by atoms with van der Waals surface area (Å²) in [6.45, 7) is 2.47. The van der Waals surface area contributed by atoms with E-state index in [1.807, 2.05) is 0 Å². The molecule has 2 N–H and O–H groups in total. The van der Waals surface area contributed by atoms with Gasteiger partial charge in [-0.2, -0.15) is 0 Å². The van der Waals surface area contributed by atoms with Crippen molar-refractivity contribution >= 4 is 23.2 Å². The fraction of sp³-hybridized carbons (Fsp3) is 0.333. The molecular formula is C15H17Cl2NO3. The van der Waals surface area contributed by atoms with Crippen molar-refractivity contribution < 1.29 is 14.3 Å². The largest absolute Gasteiger partial charge is 0.495 e. The number of aliphatic hydroxyl groups is 1. The Morgan fingerprint density at radius 1 is 1.33 bits per heavy atom. The third kappa shape index (κ3) is 3.92. The molecule has 0 saturated heterocycles. The molecule has 21 heavy (non-hydrogen) atoms. The second kappa shape index (κ2) is 6.71. The molecule has 0 saturated carbocycles. The van der Waals surface area contributed by atoms with E-state index in [4.69, 9.17) is 32.4 Å². The lowest BCUT2D eigenvalue weighted by atomic mass is 10.0. The Bertz CT molecular complexity index is 597. The highest BCUT2D eigenvalue weighted by Crippen LogP contribution is 2.31. The van der Waals surface area contributed by atoms with Crippen LogP contribution in [0.15, 0.2) is 34.9 Å². The number of hydrogen-bond donors (Lipinski definition) is 2. The molecule has 0 aliphatic rings. The van der Waals surface area contributed by atoms with Gasteiger partial charge in [0.25, 0.3) is 0 Å². The van der Waals surface area contributed by atoms with Crippen molar-refractivity contribution in [2.75, 3.05) is 13.7 Å². The maximum atomic E-state index is 10.3. The van der Waals surface area contributed by atoms with Crippen molar-refractivity contribution in [2.24, 2.45) is 0 Å². The Hall–Kier alpha value is -1.20. The predicted molar refractivity (Wildman–Crippen MR) is 83.0 cm³/mol. The Morgan fingerprint density at radius 3 is 2.71 bits per heavy atom. The Balaban J connectivity index is 1.99. The van der Waals surface area contributed by atoms with Crippen LogP contribution in [-0.2, 0) is 12.1 Å². The van der Waals surface area contributed by atoms with E-state index in [9.17, 15) is 5.11 Å². The molecule has 0 fully saturated rings. The third-order valence-corrected chi connectivity index (χ3v) is 3.80. The number of hydrogen-bond acceptors (Lipinski definition) is 4. The Kier molecular flexibility index (Phi) is 5.17. The summed E-state index contributed by atoms with van der Waals surface area (Å²) in [5.41, 5.74) is -0.260. The standard InChI is InChI=1S/C15H17Cl2NO3/c1-15(19,14-4-3-5-21-14)9-18-8-10-6-12(17)13(20-2)7-11(10)16/h3-7,18-19H,8-9H2,1-2H3. The quantitative estimate of drug-likeness (QED) is 0.850. The van der Waals surface area contributed by atoms with Gasteiger partial charge in [-0.1, -0.05) is 23.2 Å². The van der Waals surface area contributed by atoms with Gasteiger partial charge in [0.15, 0.2) is 0 Å². The summed E-state index contributed by atoms with van der Waals surface area (Å²) in [5, 5.41) is 14.5. The molecule has 0 spiro atoms. The number of ether oxygens (including phenoxy) is 1. The van der Waals surface area contributed by atoms with Crippen LogP contribution in [0.2, 0.25) is 10.0 Å². The predicted octanol–water partition coefficient (Wildman–Crippen LogP) is 3.59. The van der Waals surface area contributed by atoms with Crippen molar-refractivity contribution in [1.29, 1.82) is 0 Å². The first-order valence-corrected chi connectivity index (χ1v) is 7.18. The summed E-state index contributed by atoms with van der Waals surface area (Å²) in [6.07, 6.45) is 1.53. The number of halogens is 2. The lowest BCUT2D eigenvalue weighted by Gasteiger charge is -2.21. The monoisotopic (exact) mass is 329 g/mol. The molecule has 0 aliphatic heterocycles. The maximum absolute atomic E-state index is 10.3. The number of furan rings is 1. The van der Waals surface area contributed by atoms with Crippen LogP contribution in [0.5, 0.6) is 5.75 Å². The molecule has 0 aliphatic carbocycles. The zero-order valence-corrected chi connectivity index (χ0v) is 13.3. The molecule has 114 valence electrons. The van der Waals surface area contributed by atoms with Gasteiger partial charge in [0.2, 0.25) is 0 Å². The normalized spacial score (nSPS) is 14.0. The summed E-state index contributed by atoms with van der Waals surface area (Å²) in [7, 11) is 1.54. The average Bonchev–Trinajstić information content (AvgIpc) is 2.97. The third-order valence-electron chi connectivity index (χ3n) is 3.16. The van der Waals surface area contributed by atoms with Gasteiger partial charge in [0, 0.05) is 24.2 Å². The molecule has 1 heterocycles. The first-order valence-electron chi connectivity index (χ1n) is 6.43. The molecular weight excluding hydrogens is 313 g/mol. The second-order valence-electron chi connectivity index (χ2n) is 4.93. The molecule has 1 aromatic carbocycles. The van der Waals surface area contributed by atoms with Crippen molar-refractivity contribution in [3.8, 4) is 5.75 Å². The molecule has 0 radical (unpaired) electrons. The van der Waals surface area contributed by atoms with Gasteiger partial charge in [-0.25, -0.2) is 0 Å². The van der Waals surface area contributed by atoms with E-state index in [1.54, 1.807) is 31.2 Å². The van der Waals surface area contributed by atoms with Crippen molar-refractivity contribution in [3.05, 3.63) is 51.9 Å². The van der Waals surface area contributed by atoms with Crippen molar-refractivity contribution in [3.63, 3.8) is 0 Å². The molecule has 2 aromatic rings. The molecule has 2 rings (SSSR count). The van der Waals surface area contributed by atoms with Crippen LogP contribution in [0.25, 0.3) is 0 Å². The molecule has 1 atom stereocenters. The van der Waals surface area contributed by atoms with Crippen LogP contribution in [-0.4, -0.2) is 18.8 Å². The summed E-state index contributed by atoms with van der Waals surface area (Å²) < 4.78 is 10.3. The summed E-state index contributed by atoms with van der Waals surface area (Å²) in [4.78, 5) is 0. The molecule has 6 heteroatoms. The first kappa shape index (κ1) is 16.2. The smallest absolute Gasteiger partial charge is 0.138 e. The van der Waals surface area contributed by atoms with E-state index in [1.165, 1.54) is 13.4 Å².